The smallest absolute Gasteiger partial charge is 0.148 e. The zero-order valence-corrected chi connectivity index (χ0v) is 13.4. The molecule has 1 aliphatic rings. The minimum atomic E-state index is 0.267. The lowest BCUT2D eigenvalue weighted by Gasteiger charge is -2.12. The highest BCUT2D eigenvalue weighted by Crippen LogP contribution is 2.30. The minimum Gasteiger partial charge on any atom is -0.496 e. The molecule has 2 rings (SSSR count). The third-order valence-corrected chi connectivity index (χ3v) is 5.33. The number of carbonyl (C=O) groups is 1. The first-order valence-corrected chi connectivity index (χ1v) is 8.29. The van der Waals surface area contributed by atoms with Crippen LogP contribution in [0.25, 0.3) is 0 Å². The van der Waals surface area contributed by atoms with Gasteiger partial charge in [-0.2, -0.15) is 11.8 Å². The summed E-state index contributed by atoms with van der Waals surface area (Å²) >= 11 is 1.82. The van der Waals surface area contributed by atoms with Gasteiger partial charge in [-0.1, -0.05) is 12.8 Å². The number of hydrogen-bond donors (Lipinski definition) is 0. The molecule has 4 heteroatoms. The Morgan fingerprint density at radius 3 is 2.75 bits per heavy atom. The Morgan fingerprint density at radius 2 is 2.10 bits per heavy atom. The molecule has 0 radical (unpaired) electrons. The van der Waals surface area contributed by atoms with Crippen LogP contribution in [0.1, 0.15) is 42.5 Å². The maximum absolute atomic E-state index is 12.1. The second-order valence-corrected chi connectivity index (χ2v) is 6.77. The Kier molecular flexibility index (Phi) is 5.46. The van der Waals surface area contributed by atoms with Gasteiger partial charge in [-0.15, -0.1) is 0 Å². The largest absolute Gasteiger partial charge is 0.496 e. The van der Waals surface area contributed by atoms with E-state index in [1.807, 2.05) is 25.6 Å². The van der Waals surface area contributed by atoms with Gasteiger partial charge < -0.3 is 4.74 Å². The quantitative estimate of drug-likeness (QED) is 0.805. The fourth-order valence-corrected chi connectivity index (χ4v) is 3.94. The standard InChI is InChI=1S/C16H23NO2S/c1-11-9-17-15(12(2)16(11)19-3)8-13(18)10-20-14-6-4-5-7-14/h9,14H,4-8,10H2,1-3H3. The molecule has 0 spiro atoms. The van der Waals surface area contributed by atoms with Crippen molar-refractivity contribution in [2.45, 2.75) is 51.2 Å². The number of ketones is 1. The monoisotopic (exact) mass is 293 g/mol. The molecule has 0 N–H and O–H groups in total. The number of methoxy groups -OCH3 is 1. The molecule has 0 saturated heterocycles. The Morgan fingerprint density at radius 1 is 1.40 bits per heavy atom. The molecule has 0 amide bonds. The first-order valence-electron chi connectivity index (χ1n) is 7.24. The Hall–Kier alpha value is -1.03. The molecule has 0 atom stereocenters. The van der Waals surface area contributed by atoms with Crippen LogP contribution in [0, 0.1) is 13.8 Å². The highest BCUT2D eigenvalue weighted by molar-refractivity contribution is 8.00. The van der Waals surface area contributed by atoms with Crippen LogP contribution in [0.3, 0.4) is 0 Å². The zero-order chi connectivity index (χ0) is 14.5. The fraction of sp³-hybridized carbons (Fsp3) is 0.625. The molecule has 0 aromatic carbocycles. The summed E-state index contributed by atoms with van der Waals surface area (Å²) in [5.74, 6) is 1.73. The highest BCUT2D eigenvalue weighted by Gasteiger charge is 2.18. The van der Waals surface area contributed by atoms with Crippen molar-refractivity contribution in [3.8, 4) is 5.75 Å². The van der Waals surface area contributed by atoms with Gasteiger partial charge in [0.15, 0.2) is 0 Å². The molecule has 1 fully saturated rings. The van der Waals surface area contributed by atoms with Gasteiger partial charge in [0.25, 0.3) is 0 Å². The molecule has 1 heterocycles. The number of aryl methyl sites for hydroxylation is 1. The summed E-state index contributed by atoms with van der Waals surface area (Å²) in [7, 11) is 1.66. The van der Waals surface area contributed by atoms with E-state index in [0.717, 1.165) is 22.6 Å². The van der Waals surface area contributed by atoms with Crippen molar-refractivity contribution in [3.05, 3.63) is 23.0 Å². The fourth-order valence-electron chi connectivity index (χ4n) is 2.75. The molecular formula is C16H23NO2S. The van der Waals surface area contributed by atoms with E-state index in [-0.39, 0.29) is 5.78 Å². The molecule has 1 aromatic rings. The third-order valence-electron chi connectivity index (χ3n) is 3.90. The van der Waals surface area contributed by atoms with E-state index < -0.39 is 0 Å². The van der Waals surface area contributed by atoms with Crippen molar-refractivity contribution in [1.29, 1.82) is 0 Å². The molecule has 1 aliphatic carbocycles. The number of pyridine rings is 1. The molecule has 1 aromatic heterocycles. The van der Waals surface area contributed by atoms with E-state index in [4.69, 9.17) is 4.74 Å². The molecule has 1 saturated carbocycles. The van der Waals surface area contributed by atoms with Gasteiger partial charge in [-0.3, -0.25) is 9.78 Å². The van der Waals surface area contributed by atoms with E-state index in [2.05, 4.69) is 4.98 Å². The van der Waals surface area contributed by atoms with Crippen molar-refractivity contribution in [3.63, 3.8) is 0 Å². The molecule has 0 aliphatic heterocycles. The Balaban J connectivity index is 1.93. The average molecular weight is 293 g/mol. The second-order valence-electron chi connectivity index (χ2n) is 5.48. The van der Waals surface area contributed by atoms with Gasteiger partial charge in [0.2, 0.25) is 0 Å². The number of thioether (sulfide) groups is 1. The Labute approximate surface area is 125 Å². The van der Waals surface area contributed by atoms with Crippen molar-refractivity contribution in [1.82, 2.24) is 4.98 Å². The van der Waals surface area contributed by atoms with Gasteiger partial charge in [-0.05, 0) is 26.7 Å². The first kappa shape index (κ1) is 15.4. The van der Waals surface area contributed by atoms with Crippen LogP contribution in [-0.4, -0.2) is 28.9 Å². The summed E-state index contributed by atoms with van der Waals surface area (Å²) in [4.78, 5) is 16.5. The summed E-state index contributed by atoms with van der Waals surface area (Å²) < 4.78 is 5.38. The number of ether oxygens (including phenoxy) is 1. The molecule has 110 valence electrons. The Bertz CT molecular complexity index is 482. The van der Waals surface area contributed by atoms with Gasteiger partial charge in [-0.25, -0.2) is 0 Å². The number of hydrogen-bond acceptors (Lipinski definition) is 4. The van der Waals surface area contributed by atoms with Crippen LogP contribution in [0.15, 0.2) is 6.20 Å². The van der Waals surface area contributed by atoms with Crippen molar-refractivity contribution < 1.29 is 9.53 Å². The number of rotatable bonds is 6. The number of nitrogens with zero attached hydrogens (tertiary/aromatic N) is 1. The predicted octanol–water partition coefficient (Wildman–Crippen LogP) is 3.49. The lowest BCUT2D eigenvalue weighted by atomic mass is 10.1. The lowest BCUT2D eigenvalue weighted by molar-refractivity contribution is -0.116. The summed E-state index contributed by atoms with van der Waals surface area (Å²) in [6, 6.07) is 0. The van der Waals surface area contributed by atoms with Crippen molar-refractivity contribution >= 4 is 17.5 Å². The minimum absolute atomic E-state index is 0.267. The van der Waals surface area contributed by atoms with Crippen LogP contribution in [0.2, 0.25) is 0 Å². The SMILES string of the molecule is COc1c(C)cnc(CC(=O)CSC2CCCC2)c1C. The van der Waals surface area contributed by atoms with Gasteiger partial charge in [0, 0.05) is 29.0 Å². The van der Waals surface area contributed by atoms with Crippen LogP contribution in [0.5, 0.6) is 5.75 Å². The van der Waals surface area contributed by atoms with Crippen molar-refractivity contribution in [2.75, 3.05) is 12.9 Å². The van der Waals surface area contributed by atoms with Gasteiger partial charge in [0.1, 0.15) is 11.5 Å². The first-order chi connectivity index (χ1) is 9.61. The van der Waals surface area contributed by atoms with Crippen LogP contribution >= 0.6 is 11.8 Å². The second kappa shape index (κ2) is 7.11. The summed E-state index contributed by atoms with van der Waals surface area (Å²) in [6.45, 7) is 3.95. The maximum atomic E-state index is 12.1. The molecule has 20 heavy (non-hydrogen) atoms. The van der Waals surface area contributed by atoms with Crippen LogP contribution in [0.4, 0.5) is 0 Å². The summed E-state index contributed by atoms with van der Waals surface area (Å²) in [5, 5.41) is 0.695. The summed E-state index contributed by atoms with van der Waals surface area (Å²) in [6.07, 6.45) is 7.39. The van der Waals surface area contributed by atoms with Crippen LogP contribution < -0.4 is 4.74 Å². The third kappa shape index (κ3) is 3.75. The number of Topliss-reactive ketones (excluding diaryl/α,β-unsaturated/α-hetero) is 1. The topological polar surface area (TPSA) is 39.2 Å². The van der Waals surface area contributed by atoms with E-state index in [1.54, 1.807) is 13.3 Å². The molecule has 0 bridgehead atoms. The maximum Gasteiger partial charge on any atom is 0.148 e. The van der Waals surface area contributed by atoms with E-state index >= 15 is 0 Å². The lowest BCUT2D eigenvalue weighted by Crippen LogP contribution is -2.11. The predicted molar refractivity (Wildman–Crippen MR) is 83.7 cm³/mol. The van der Waals surface area contributed by atoms with E-state index in [0.29, 0.717) is 17.4 Å². The number of carbonyl (C=O) groups excluding carboxylic acids is 1. The molecule has 0 unspecified atom stereocenters. The van der Waals surface area contributed by atoms with Crippen LogP contribution in [-0.2, 0) is 11.2 Å². The number of aromatic nitrogens is 1. The van der Waals surface area contributed by atoms with Crippen molar-refractivity contribution in [2.24, 2.45) is 0 Å². The normalized spacial score (nSPS) is 15.6. The molecule has 3 nitrogen and oxygen atoms in total. The average Bonchev–Trinajstić information content (AvgIpc) is 2.94. The summed E-state index contributed by atoms with van der Waals surface area (Å²) in [5.41, 5.74) is 2.86. The zero-order valence-electron chi connectivity index (χ0n) is 12.6. The van der Waals surface area contributed by atoms with Gasteiger partial charge >= 0.3 is 0 Å². The van der Waals surface area contributed by atoms with E-state index in [9.17, 15) is 4.79 Å². The van der Waals surface area contributed by atoms with Gasteiger partial charge in [0.05, 0.1) is 18.6 Å². The highest BCUT2D eigenvalue weighted by atomic mass is 32.2. The molecular weight excluding hydrogens is 270 g/mol. The van der Waals surface area contributed by atoms with E-state index in [1.165, 1.54) is 25.7 Å².